The fourth-order valence-corrected chi connectivity index (χ4v) is 2.87. The molecule has 3 aromatic rings. The van der Waals surface area contributed by atoms with E-state index in [-0.39, 0.29) is 11.8 Å². The largest absolute Gasteiger partial charge is 0.378 e. The number of benzene rings is 3. The second-order valence-electron chi connectivity index (χ2n) is 5.75. The highest BCUT2D eigenvalue weighted by Crippen LogP contribution is 2.26. The van der Waals surface area contributed by atoms with E-state index in [0.717, 1.165) is 11.3 Å². The predicted octanol–water partition coefficient (Wildman–Crippen LogP) is 6.42. The standard InChI is InChI=1S/C21H17Cl2NO/c22-17-8-6-15(7-9-17)20(24-19-12-10-18(23)11-13-19)14-21(25)16-4-2-1-3-5-16/h1-13,20,24H,14H2. The Labute approximate surface area is 157 Å². The Bertz CT molecular complexity index is 830. The van der Waals surface area contributed by atoms with Crippen molar-refractivity contribution in [2.24, 2.45) is 0 Å². The average molecular weight is 370 g/mol. The van der Waals surface area contributed by atoms with E-state index < -0.39 is 0 Å². The summed E-state index contributed by atoms with van der Waals surface area (Å²) < 4.78 is 0. The van der Waals surface area contributed by atoms with E-state index >= 15 is 0 Å². The van der Waals surface area contributed by atoms with Crippen molar-refractivity contribution >= 4 is 34.7 Å². The topological polar surface area (TPSA) is 29.1 Å². The van der Waals surface area contributed by atoms with E-state index in [9.17, 15) is 4.79 Å². The lowest BCUT2D eigenvalue weighted by atomic mass is 9.97. The van der Waals surface area contributed by atoms with Crippen molar-refractivity contribution in [1.82, 2.24) is 0 Å². The molecule has 0 aliphatic carbocycles. The lowest BCUT2D eigenvalue weighted by molar-refractivity contribution is 0.0976. The highest BCUT2D eigenvalue weighted by atomic mass is 35.5. The molecule has 0 saturated heterocycles. The molecule has 0 spiro atoms. The average Bonchev–Trinajstić information content (AvgIpc) is 2.64. The summed E-state index contributed by atoms with van der Waals surface area (Å²) in [6.07, 6.45) is 0.342. The van der Waals surface area contributed by atoms with Gasteiger partial charge in [0.25, 0.3) is 0 Å². The van der Waals surface area contributed by atoms with E-state index in [2.05, 4.69) is 5.32 Å². The number of ketones is 1. The van der Waals surface area contributed by atoms with Crippen molar-refractivity contribution in [1.29, 1.82) is 0 Å². The maximum Gasteiger partial charge on any atom is 0.165 e. The molecule has 0 heterocycles. The highest BCUT2D eigenvalue weighted by Gasteiger charge is 2.17. The fourth-order valence-electron chi connectivity index (χ4n) is 2.62. The third-order valence-electron chi connectivity index (χ3n) is 3.94. The normalized spacial score (nSPS) is 11.8. The first-order chi connectivity index (χ1) is 12.1. The smallest absolute Gasteiger partial charge is 0.165 e. The van der Waals surface area contributed by atoms with Crippen LogP contribution in [0.2, 0.25) is 10.0 Å². The molecule has 3 aromatic carbocycles. The van der Waals surface area contributed by atoms with Gasteiger partial charge in [-0.05, 0) is 42.0 Å². The molecule has 0 fully saturated rings. The molecule has 0 aliphatic heterocycles. The van der Waals surface area contributed by atoms with Gasteiger partial charge in [0.1, 0.15) is 0 Å². The maximum absolute atomic E-state index is 12.7. The van der Waals surface area contributed by atoms with E-state index in [4.69, 9.17) is 23.2 Å². The minimum absolute atomic E-state index is 0.0852. The van der Waals surface area contributed by atoms with Crippen molar-refractivity contribution in [3.63, 3.8) is 0 Å². The van der Waals surface area contributed by atoms with Crippen LogP contribution >= 0.6 is 23.2 Å². The van der Waals surface area contributed by atoms with Crippen LogP contribution in [0.5, 0.6) is 0 Å². The summed E-state index contributed by atoms with van der Waals surface area (Å²) in [5.74, 6) is 0.0852. The van der Waals surface area contributed by atoms with Crippen molar-refractivity contribution < 1.29 is 4.79 Å². The molecule has 2 nitrogen and oxygen atoms in total. The molecule has 0 bridgehead atoms. The molecule has 0 radical (unpaired) electrons. The summed E-state index contributed by atoms with van der Waals surface area (Å²) >= 11 is 11.9. The number of nitrogens with one attached hydrogen (secondary N) is 1. The SMILES string of the molecule is O=C(CC(Nc1ccc(Cl)cc1)c1ccc(Cl)cc1)c1ccccc1. The van der Waals surface area contributed by atoms with Gasteiger partial charge in [0.2, 0.25) is 0 Å². The Morgan fingerprint density at radius 2 is 1.36 bits per heavy atom. The number of halogens is 2. The van der Waals surface area contributed by atoms with Crippen LogP contribution in [0.4, 0.5) is 5.69 Å². The lowest BCUT2D eigenvalue weighted by Gasteiger charge is -2.20. The molecule has 1 atom stereocenters. The first-order valence-electron chi connectivity index (χ1n) is 7.97. The number of carbonyl (C=O) groups excluding carboxylic acids is 1. The molecule has 0 aliphatic rings. The summed E-state index contributed by atoms with van der Waals surface area (Å²) in [7, 11) is 0. The summed E-state index contributed by atoms with van der Waals surface area (Å²) in [5.41, 5.74) is 2.62. The van der Waals surface area contributed by atoms with Crippen LogP contribution in [0, 0.1) is 0 Å². The Morgan fingerprint density at radius 1 is 0.800 bits per heavy atom. The van der Waals surface area contributed by atoms with Crippen molar-refractivity contribution in [2.75, 3.05) is 5.32 Å². The monoisotopic (exact) mass is 369 g/mol. The molecule has 3 rings (SSSR count). The molecular weight excluding hydrogens is 353 g/mol. The fraction of sp³-hybridized carbons (Fsp3) is 0.0952. The third kappa shape index (κ3) is 4.85. The number of anilines is 1. The van der Waals surface area contributed by atoms with Gasteiger partial charge in [-0.3, -0.25) is 4.79 Å². The first-order valence-corrected chi connectivity index (χ1v) is 8.73. The second-order valence-corrected chi connectivity index (χ2v) is 6.62. The van der Waals surface area contributed by atoms with Gasteiger partial charge in [0, 0.05) is 27.7 Å². The zero-order valence-corrected chi connectivity index (χ0v) is 15.0. The quantitative estimate of drug-likeness (QED) is 0.507. The van der Waals surface area contributed by atoms with E-state index in [0.29, 0.717) is 22.0 Å². The van der Waals surface area contributed by atoms with Crippen molar-refractivity contribution in [3.05, 3.63) is 100 Å². The maximum atomic E-state index is 12.7. The van der Waals surface area contributed by atoms with Crippen LogP contribution in [-0.4, -0.2) is 5.78 Å². The second kappa shape index (κ2) is 8.19. The van der Waals surface area contributed by atoms with E-state index in [1.54, 1.807) is 0 Å². The van der Waals surface area contributed by atoms with Gasteiger partial charge in [0.05, 0.1) is 6.04 Å². The summed E-state index contributed by atoms with van der Waals surface area (Å²) in [6.45, 7) is 0. The van der Waals surface area contributed by atoms with Gasteiger partial charge < -0.3 is 5.32 Å². The summed E-state index contributed by atoms with van der Waals surface area (Å²) in [4.78, 5) is 12.7. The Balaban J connectivity index is 1.84. The Morgan fingerprint density at radius 3 is 1.96 bits per heavy atom. The van der Waals surface area contributed by atoms with E-state index in [1.807, 2.05) is 78.9 Å². The molecule has 1 unspecified atom stereocenters. The number of rotatable bonds is 6. The molecule has 25 heavy (non-hydrogen) atoms. The van der Waals surface area contributed by atoms with Crippen molar-refractivity contribution in [2.45, 2.75) is 12.5 Å². The van der Waals surface area contributed by atoms with Gasteiger partial charge in [-0.15, -0.1) is 0 Å². The Hall–Kier alpha value is -2.29. The molecule has 0 amide bonds. The van der Waals surface area contributed by atoms with E-state index in [1.165, 1.54) is 0 Å². The van der Waals surface area contributed by atoms with Gasteiger partial charge in [0.15, 0.2) is 5.78 Å². The number of Topliss-reactive ketones (excluding diaryl/α,β-unsaturated/α-hetero) is 1. The van der Waals surface area contributed by atoms with Crippen molar-refractivity contribution in [3.8, 4) is 0 Å². The molecular formula is C21H17Cl2NO. The highest BCUT2D eigenvalue weighted by molar-refractivity contribution is 6.30. The van der Waals surface area contributed by atoms with Crippen LogP contribution in [0.15, 0.2) is 78.9 Å². The molecule has 4 heteroatoms. The molecule has 1 N–H and O–H groups in total. The van der Waals surface area contributed by atoms with Crippen LogP contribution in [-0.2, 0) is 0 Å². The van der Waals surface area contributed by atoms with Crippen LogP contribution < -0.4 is 5.32 Å². The van der Waals surface area contributed by atoms with Gasteiger partial charge in [-0.2, -0.15) is 0 Å². The Kier molecular flexibility index (Phi) is 5.75. The summed E-state index contributed by atoms with van der Waals surface area (Å²) in [5, 5.41) is 4.76. The van der Waals surface area contributed by atoms with Crippen LogP contribution in [0.25, 0.3) is 0 Å². The number of hydrogen-bond donors (Lipinski definition) is 1. The predicted molar refractivity (Wildman–Crippen MR) is 105 cm³/mol. The zero-order valence-electron chi connectivity index (χ0n) is 13.5. The van der Waals surface area contributed by atoms with Crippen LogP contribution in [0.1, 0.15) is 28.4 Å². The first kappa shape index (κ1) is 17.5. The number of carbonyl (C=O) groups is 1. The van der Waals surface area contributed by atoms with Crippen LogP contribution in [0.3, 0.4) is 0 Å². The number of hydrogen-bond acceptors (Lipinski definition) is 2. The summed E-state index contributed by atoms with van der Waals surface area (Å²) in [6, 6.07) is 24.1. The lowest BCUT2D eigenvalue weighted by Crippen LogP contribution is -2.15. The van der Waals surface area contributed by atoms with Gasteiger partial charge >= 0.3 is 0 Å². The third-order valence-corrected chi connectivity index (χ3v) is 4.45. The minimum atomic E-state index is -0.161. The minimum Gasteiger partial charge on any atom is -0.378 e. The molecule has 126 valence electrons. The zero-order chi connectivity index (χ0) is 17.6. The molecule has 0 saturated carbocycles. The van der Waals surface area contributed by atoms with Gasteiger partial charge in [-0.25, -0.2) is 0 Å². The van der Waals surface area contributed by atoms with Gasteiger partial charge in [-0.1, -0.05) is 65.7 Å². The molecule has 0 aromatic heterocycles.